The molecule has 2 rings (SSSR count). The van der Waals surface area contributed by atoms with Crippen LogP contribution >= 0.6 is 23.2 Å². The van der Waals surface area contributed by atoms with Crippen LogP contribution in [0, 0.1) is 0 Å². The third-order valence-corrected chi connectivity index (χ3v) is 5.30. The number of benzene rings is 1. The molecule has 1 heterocycles. The Morgan fingerprint density at radius 3 is 2.70 bits per heavy atom. The van der Waals surface area contributed by atoms with Crippen LogP contribution < -0.4 is 10.3 Å². The second-order valence-electron chi connectivity index (χ2n) is 4.87. The Bertz CT molecular complexity index is 896. The van der Waals surface area contributed by atoms with Crippen molar-refractivity contribution in [1.29, 1.82) is 0 Å². The zero-order valence-electron chi connectivity index (χ0n) is 12.2. The molecule has 1 aromatic carbocycles. The molecule has 0 aliphatic heterocycles. The molecule has 0 fully saturated rings. The van der Waals surface area contributed by atoms with E-state index in [9.17, 15) is 18.3 Å². The maximum absolute atomic E-state index is 12.4. The lowest BCUT2D eigenvalue weighted by atomic mass is 10.2. The second kappa shape index (κ2) is 7.04. The van der Waals surface area contributed by atoms with Crippen molar-refractivity contribution in [1.82, 2.24) is 14.3 Å². The molecular weight excluding hydrogens is 365 g/mol. The van der Waals surface area contributed by atoms with Crippen molar-refractivity contribution in [2.75, 3.05) is 12.3 Å². The van der Waals surface area contributed by atoms with Crippen LogP contribution in [-0.2, 0) is 16.6 Å². The normalized spacial score (nSPS) is 12.0. The Morgan fingerprint density at radius 1 is 1.35 bits per heavy atom. The van der Waals surface area contributed by atoms with Crippen molar-refractivity contribution in [2.24, 2.45) is 0 Å². The highest BCUT2D eigenvalue weighted by atomic mass is 35.5. The fraction of sp³-hybridized carbons (Fsp3) is 0.385. The molecule has 2 N–H and O–H groups in total. The van der Waals surface area contributed by atoms with Gasteiger partial charge < -0.3 is 5.11 Å². The van der Waals surface area contributed by atoms with Crippen LogP contribution in [0.1, 0.15) is 13.3 Å². The van der Waals surface area contributed by atoms with Crippen molar-refractivity contribution in [3.8, 4) is 5.75 Å². The maximum Gasteiger partial charge on any atom is 0.262 e. The van der Waals surface area contributed by atoms with Crippen molar-refractivity contribution < 1.29 is 13.5 Å². The maximum atomic E-state index is 12.4. The number of hydrogen-bond donors (Lipinski definition) is 2. The van der Waals surface area contributed by atoms with Crippen molar-refractivity contribution in [3.63, 3.8) is 0 Å². The average molecular weight is 380 g/mol. The summed E-state index contributed by atoms with van der Waals surface area (Å²) in [7, 11) is -3.35. The molecule has 0 aliphatic rings. The van der Waals surface area contributed by atoms with Gasteiger partial charge in [-0.1, -0.05) is 30.1 Å². The number of fused-ring (bicyclic) bond motifs is 1. The fourth-order valence-corrected chi connectivity index (χ4v) is 3.69. The summed E-state index contributed by atoms with van der Waals surface area (Å²) in [6, 6.07) is 1.26. The smallest absolute Gasteiger partial charge is 0.262 e. The van der Waals surface area contributed by atoms with Crippen molar-refractivity contribution in [3.05, 3.63) is 32.8 Å². The van der Waals surface area contributed by atoms with E-state index in [0.717, 1.165) is 0 Å². The van der Waals surface area contributed by atoms with Crippen LogP contribution in [0.5, 0.6) is 5.75 Å². The molecule has 7 nitrogen and oxygen atoms in total. The molecule has 0 atom stereocenters. The monoisotopic (exact) mass is 379 g/mol. The van der Waals surface area contributed by atoms with E-state index in [1.165, 1.54) is 17.0 Å². The number of aromatic nitrogens is 2. The fourth-order valence-electron chi connectivity index (χ4n) is 2.07. The number of nitrogens with zero attached hydrogens (tertiary/aromatic N) is 2. The minimum Gasteiger partial charge on any atom is -0.504 e. The van der Waals surface area contributed by atoms with Crippen LogP contribution in [0.3, 0.4) is 0 Å². The first-order valence-corrected chi connectivity index (χ1v) is 9.21. The molecular formula is C13H15Cl2N3O4S. The first-order chi connectivity index (χ1) is 10.8. The van der Waals surface area contributed by atoms with Gasteiger partial charge in [-0.05, 0) is 12.5 Å². The van der Waals surface area contributed by atoms with Gasteiger partial charge in [0.1, 0.15) is 5.52 Å². The van der Waals surface area contributed by atoms with Crippen LogP contribution in [0.2, 0.25) is 10.0 Å². The molecule has 126 valence electrons. The first kappa shape index (κ1) is 18.0. The summed E-state index contributed by atoms with van der Waals surface area (Å²) in [5.74, 6) is -0.297. The lowest BCUT2D eigenvalue weighted by molar-refractivity contribution is 0.480. The van der Waals surface area contributed by atoms with Gasteiger partial charge in [0.25, 0.3) is 5.56 Å². The van der Waals surface area contributed by atoms with Gasteiger partial charge in [0.2, 0.25) is 10.0 Å². The van der Waals surface area contributed by atoms with Gasteiger partial charge in [0.15, 0.2) is 5.75 Å². The molecule has 0 saturated carbocycles. The van der Waals surface area contributed by atoms with Crippen LogP contribution in [0.25, 0.3) is 10.9 Å². The molecule has 0 amide bonds. The summed E-state index contributed by atoms with van der Waals surface area (Å²) >= 11 is 11.8. The van der Waals surface area contributed by atoms with E-state index >= 15 is 0 Å². The number of rotatable bonds is 6. The molecule has 0 bridgehead atoms. The van der Waals surface area contributed by atoms with Crippen LogP contribution in [-0.4, -0.2) is 35.4 Å². The standard InChI is InChI=1S/C13H15Cl2N3O4S/c1-2-5-23(21,22)17-3-4-18-7-16-11-10(13(18)20)8(14)6-9(15)12(11)19/h6-7,17,19H,2-5H2,1H3. The highest BCUT2D eigenvalue weighted by molar-refractivity contribution is 7.89. The Balaban J connectivity index is 2.31. The van der Waals surface area contributed by atoms with Gasteiger partial charge in [-0.2, -0.15) is 0 Å². The number of sulfonamides is 1. The topological polar surface area (TPSA) is 101 Å². The lowest BCUT2D eigenvalue weighted by Crippen LogP contribution is -2.32. The number of phenolic OH excluding ortho intramolecular Hbond substituents is 1. The molecule has 0 spiro atoms. The van der Waals surface area contributed by atoms with Gasteiger partial charge in [-0.3, -0.25) is 9.36 Å². The first-order valence-electron chi connectivity index (χ1n) is 6.80. The molecule has 0 radical (unpaired) electrons. The van der Waals surface area contributed by atoms with Gasteiger partial charge in [0, 0.05) is 13.1 Å². The highest BCUT2D eigenvalue weighted by Crippen LogP contribution is 2.34. The highest BCUT2D eigenvalue weighted by Gasteiger charge is 2.15. The van der Waals surface area contributed by atoms with E-state index in [4.69, 9.17) is 23.2 Å². The summed E-state index contributed by atoms with van der Waals surface area (Å²) in [4.78, 5) is 16.4. The molecule has 0 aliphatic carbocycles. The SMILES string of the molecule is CCCS(=O)(=O)NCCn1cnc2c(O)c(Cl)cc(Cl)c2c1=O. The summed E-state index contributed by atoms with van der Waals surface area (Å²) < 4.78 is 26.8. The van der Waals surface area contributed by atoms with Gasteiger partial charge in [-0.15, -0.1) is 0 Å². The van der Waals surface area contributed by atoms with E-state index in [1.807, 2.05) is 0 Å². The molecule has 1 aromatic heterocycles. The summed E-state index contributed by atoms with van der Waals surface area (Å²) in [5, 5.41) is 9.95. The number of hydrogen-bond acceptors (Lipinski definition) is 5. The predicted octanol–water partition coefficient (Wildman–Crippen LogP) is 1.74. The quantitative estimate of drug-likeness (QED) is 0.795. The van der Waals surface area contributed by atoms with Gasteiger partial charge in [0.05, 0.1) is 27.5 Å². The Hall–Kier alpha value is -1.35. The van der Waals surface area contributed by atoms with Crippen molar-refractivity contribution in [2.45, 2.75) is 19.9 Å². The summed E-state index contributed by atoms with van der Waals surface area (Å²) in [6.07, 6.45) is 1.72. The third kappa shape index (κ3) is 3.95. The molecule has 23 heavy (non-hydrogen) atoms. The number of aromatic hydroxyl groups is 1. The summed E-state index contributed by atoms with van der Waals surface area (Å²) in [6.45, 7) is 1.90. The van der Waals surface area contributed by atoms with E-state index in [1.54, 1.807) is 6.92 Å². The average Bonchev–Trinajstić information content (AvgIpc) is 2.46. The zero-order chi connectivity index (χ0) is 17.2. The van der Waals surface area contributed by atoms with E-state index in [-0.39, 0.29) is 45.5 Å². The summed E-state index contributed by atoms with van der Waals surface area (Å²) in [5.41, 5.74) is -0.475. The van der Waals surface area contributed by atoms with E-state index in [2.05, 4.69) is 9.71 Å². The molecule has 10 heteroatoms. The Labute approximate surface area is 142 Å². The van der Waals surface area contributed by atoms with Gasteiger partial charge in [-0.25, -0.2) is 18.1 Å². The number of phenols is 1. The molecule has 2 aromatic rings. The number of halogens is 2. The number of nitrogens with one attached hydrogen (secondary N) is 1. The van der Waals surface area contributed by atoms with E-state index < -0.39 is 15.6 Å². The second-order valence-corrected chi connectivity index (χ2v) is 7.61. The van der Waals surface area contributed by atoms with Crippen LogP contribution in [0.15, 0.2) is 17.2 Å². The van der Waals surface area contributed by atoms with E-state index in [0.29, 0.717) is 6.42 Å². The zero-order valence-corrected chi connectivity index (χ0v) is 14.5. The Kier molecular flexibility index (Phi) is 5.51. The lowest BCUT2D eigenvalue weighted by Gasteiger charge is -2.10. The van der Waals surface area contributed by atoms with Crippen LogP contribution in [0.4, 0.5) is 0 Å². The third-order valence-electron chi connectivity index (χ3n) is 3.13. The molecule has 0 saturated heterocycles. The largest absolute Gasteiger partial charge is 0.504 e. The van der Waals surface area contributed by atoms with Gasteiger partial charge >= 0.3 is 0 Å². The minimum atomic E-state index is -3.35. The molecule has 0 unspecified atom stereocenters. The minimum absolute atomic E-state index is 0.000485. The van der Waals surface area contributed by atoms with Crippen molar-refractivity contribution >= 4 is 44.1 Å². The predicted molar refractivity (Wildman–Crippen MR) is 89.8 cm³/mol. The Morgan fingerprint density at radius 2 is 2.04 bits per heavy atom.